The fourth-order valence-electron chi connectivity index (χ4n) is 7.37. The van der Waals surface area contributed by atoms with Crippen molar-refractivity contribution >= 4 is 29.6 Å². The van der Waals surface area contributed by atoms with Gasteiger partial charge in [-0.15, -0.1) is 0 Å². The summed E-state index contributed by atoms with van der Waals surface area (Å²) in [6, 6.07) is 32.9. The van der Waals surface area contributed by atoms with E-state index in [1.54, 1.807) is 36.4 Å². The normalized spacial score (nSPS) is 13.6. The molecule has 306 valence electrons. The van der Waals surface area contributed by atoms with Crippen LogP contribution in [0.3, 0.4) is 0 Å². The lowest BCUT2D eigenvalue weighted by molar-refractivity contribution is -0.159. The van der Waals surface area contributed by atoms with Gasteiger partial charge < -0.3 is 34.5 Å². The smallest absolute Gasteiger partial charge is 0.408 e. The Hall–Kier alpha value is -6.69. The van der Waals surface area contributed by atoms with Crippen LogP contribution in [0.25, 0.3) is 0 Å². The van der Waals surface area contributed by atoms with Gasteiger partial charge in [-0.05, 0) is 71.6 Å². The molecule has 12 nitrogen and oxygen atoms in total. The molecule has 0 saturated carbocycles. The first kappa shape index (κ1) is 41.9. The average molecular weight is 799 g/mol. The maximum Gasteiger partial charge on any atom is 0.408 e. The number of nitrogens with one attached hydrogen (secondary N) is 2. The van der Waals surface area contributed by atoms with Crippen molar-refractivity contribution in [3.05, 3.63) is 155 Å². The minimum Gasteiger partial charge on any atom is -0.487 e. The number of hydrogen-bond acceptors (Lipinski definition) is 9. The molecule has 1 aromatic heterocycles. The second-order valence-electron chi connectivity index (χ2n) is 14.8. The zero-order valence-electron chi connectivity index (χ0n) is 33.7. The number of amides is 3. The summed E-state index contributed by atoms with van der Waals surface area (Å²) in [7, 11) is 2.71. The van der Waals surface area contributed by atoms with Gasteiger partial charge in [-0.1, -0.05) is 111 Å². The van der Waals surface area contributed by atoms with Crippen molar-refractivity contribution in [1.82, 2.24) is 15.2 Å². The summed E-state index contributed by atoms with van der Waals surface area (Å²) >= 11 is 0. The summed E-state index contributed by atoms with van der Waals surface area (Å²) in [6.45, 7) is 4.02. The molecule has 1 heterocycles. The number of anilines is 1. The van der Waals surface area contributed by atoms with Gasteiger partial charge in [0, 0.05) is 17.8 Å². The van der Waals surface area contributed by atoms with Crippen LogP contribution >= 0.6 is 0 Å². The molecule has 5 aromatic rings. The Balaban J connectivity index is 1.43. The molecule has 2 N–H and O–H groups in total. The van der Waals surface area contributed by atoms with Gasteiger partial charge in [-0.25, -0.2) is 14.6 Å². The molecule has 0 fully saturated rings. The van der Waals surface area contributed by atoms with Crippen LogP contribution in [0.1, 0.15) is 54.1 Å². The summed E-state index contributed by atoms with van der Waals surface area (Å²) in [5, 5.41) is 5.87. The predicted molar refractivity (Wildman–Crippen MR) is 222 cm³/mol. The molecule has 1 aliphatic carbocycles. The minimum atomic E-state index is -1.46. The molecule has 3 atom stereocenters. The van der Waals surface area contributed by atoms with E-state index in [4.69, 9.17) is 18.9 Å². The number of carbonyl (C=O) groups excluding carboxylic acids is 4. The van der Waals surface area contributed by atoms with E-state index >= 15 is 9.59 Å². The Kier molecular flexibility index (Phi) is 14.3. The molecule has 0 saturated heterocycles. The number of methoxy groups -OCH3 is 2. The van der Waals surface area contributed by atoms with Gasteiger partial charge in [0.05, 0.1) is 19.9 Å². The molecule has 6 rings (SSSR count). The predicted octanol–water partition coefficient (Wildman–Crippen LogP) is 7.48. The maximum absolute atomic E-state index is 15.7. The van der Waals surface area contributed by atoms with Gasteiger partial charge in [-0.2, -0.15) is 0 Å². The third-order valence-corrected chi connectivity index (χ3v) is 10.3. The van der Waals surface area contributed by atoms with Crippen molar-refractivity contribution in [3.63, 3.8) is 0 Å². The topological polar surface area (TPSA) is 145 Å². The Morgan fingerprint density at radius 3 is 1.97 bits per heavy atom. The number of esters is 1. The fourth-order valence-corrected chi connectivity index (χ4v) is 7.37. The summed E-state index contributed by atoms with van der Waals surface area (Å²) in [5.74, 6) is -1.95. The first-order chi connectivity index (χ1) is 28.6. The van der Waals surface area contributed by atoms with Crippen LogP contribution in [0.2, 0.25) is 0 Å². The van der Waals surface area contributed by atoms with Crippen molar-refractivity contribution in [1.29, 1.82) is 0 Å². The van der Waals surface area contributed by atoms with Crippen LogP contribution < -0.4 is 20.1 Å². The number of carbonyl (C=O) groups is 4. The largest absolute Gasteiger partial charge is 0.487 e. The first-order valence-electron chi connectivity index (χ1n) is 19.7. The van der Waals surface area contributed by atoms with Gasteiger partial charge in [0.15, 0.2) is 0 Å². The highest BCUT2D eigenvalue weighted by Crippen LogP contribution is 2.35. The zero-order chi connectivity index (χ0) is 41.7. The Bertz CT molecular complexity index is 2160. The van der Waals surface area contributed by atoms with Gasteiger partial charge in [0.1, 0.15) is 37.1 Å². The van der Waals surface area contributed by atoms with E-state index in [2.05, 4.69) is 15.6 Å². The number of alkyl carbamates (subject to hydrolysis) is 1. The lowest BCUT2D eigenvalue weighted by atomic mass is 9.91. The highest BCUT2D eigenvalue weighted by Gasteiger charge is 2.46. The molecule has 4 aromatic carbocycles. The highest BCUT2D eigenvalue weighted by atomic mass is 16.5. The number of para-hydroxylation sites is 2. The number of aromatic nitrogens is 1. The van der Waals surface area contributed by atoms with Gasteiger partial charge in [-0.3, -0.25) is 9.59 Å². The molecule has 3 amide bonds. The van der Waals surface area contributed by atoms with Crippen LogP contribution in [0.5, 0.6) is 11.6 Å². The van der Waals surface area contributed by atoms with Crippen LogP contribution in [0.4, 0.5) is 10.5 Å². The van der Waals surface area contributed by atoms with Crippen molar-refractivity contribution in [2.75, 3.05) is 19.5 Å². The number of pyridine rings is 1. The Labute approximate surface area is 344 Å². The van der Waals surface area contributed by atoms with E-state index in [0.29, 0.717) is 24.3 Å². The molecule has 0 aliphatic heterocycles. The Morgan fingerprint density at radius 2 is 1.37 bits per heavy atom. The molecule has 0 radical (unpaired) electrons. The SMILES string of the molecule is COC(=O)[C@@H](CC(C)C)N(C(=O)[C@H](NC(=O)OCc1ccccc1)C1Cc2ccccc2C1)C(C(=O)Nc1ccccc1OCc1ccccc1)c1ccc(OC)nc1. The molecule has 1 aliphatic rings. The second kappa shape index (κ2) is 20.1. The van der Waals surface area contributed by atoms with Crippen molar-refractivity contribution in [3.8, 4) is 11.6 Å². The van der Waals surface area contributed by atoms with Crippen LogP contribution in [0, 0.1) is 11.8 Å². The van der Waals surface area contributed by atoms with E-state index in [9.17, 15) is 9.59 Å². The number of ether oxygens (including phenoxy) is 4. The highest BCUT2D eigenvalue weighted by molar-refractivity contribution is 6.01. The standard InChI is InChI=1S/C47H50N4O8/c1-31(2)25-39(46(54)57-4)51(45(53)42(37-26-34-19-11-12-20-35(34)27-37)50-47(55)59-30-33-17-9-6-10-18-33)43(36-23-24-41(56-3)48-28-36)44(52)49-38-21-13-14-22-40(38)58-29-32-15-7-5-8-16-32/h5-24,28,31,37,39,42-43H,25-27,29-30H2,1-4H3,(H,49,52)(H,50,55)/t39-,42-,43?/m1/s1. The fraction of sp³-hybridized carbons (Fsp3) is 0.298. The van der Waals surface area contributed by atoms with Gasteiger partial charge >= 0.3 is 12.1 Å². The third kappa shape index (κ3) is 10.8. The van der Waals surface area contributed by atoms with E-state index in [1.807, 2.05) is 98.8 Å². The van der Waals surface area contributed by atoms with E-state index < -0.39 is 47.9 Å². The molecular formula is C47H50N4O8. The summed E-state index contributed by atoms with van der Waals surface area (Å²) in [6.07, 6.45) is 1.67. The number of rotatable bonds is 17. The van der Waals surface area contributed by atoms with Gasteiger partial charge in [0.2, 0.25) is 11.8 Å². The van der Waals surface area contributed by atoms with Crippen molar-refractivity contribution in [2.24, 2.45) is 11.8 Å². The molecule has 1 unspecified atom stereocenters. The van der Waals surface area contributed by atoms with E-state index in [0.717, 1.165) is 22.3 Å². The van der Waals surface area contributed by atoms with E-state index in [-0.39, 0.29) is 37.0 Å². The van der Waals surface area contributed by atoms with Crippen molar-refractivity contribution < 1.29 is 38.1 Å². The molecule has 12 heteroatoms. The third-order valence-electron chi connectivity index (χ3n) is 10.3. The Morgan fingerprint density at radius 1 is 0.763 bits per heavy atom. The average Bonchev–Trinajstić information content (AvgIpc) is 3.70. The molecule has 0 spiro atoms. The number of nitrogens with zero attached hydrogens (tertiary/aromatic N) is 2. The monoisotopic (exact) mass is 798 g/mol. The zero-order valence-corrected chi connectivity index (χ0v) is 33.7. The summed E-state index contributed by atoms with van der Waals surface area (Å²) in [5.41, 5.74) is 4.40. The van der Waals surface area contributed by atoms with Crippen LogP contribution in [-0.4, -0.2) is 60.1 Å². The van der Waals surface area contributed by atoms with Crippen LogP contribution in [0.15, 0.2) is 128 Å². The quantitative estimate of drug-likeness (QED) is 0.0916. The molecule has 59 heavy (non-hydrogen) atoms. The lowest BCUT2D eigenvalue weighted by Gasteiger charge is -2.40. The van der Waals surface area contributed by atoms with Crippen molar-refractivity contribution in [2.45, 2.75) is 64.4 Å². The maximum atomic E-state index is 15.7. The van der Waals surface area contributed by atoms with Crippen LogP contribution in [-0.2, 0) is 49.9 Å². The number of fused-ring (bicyclic) bond motifs is 1. The number of benzene rings is 4. The molecule has 0 bridgehead atoms. The number of hydrogen-bond donors (Lipinski definition) is 2. The minimum absolute atomic E-state index is 0.0331. The lowest BCUT2D eigenvalue weighted by Crippen LogP contribution is -2.59. The first-order valence-corrected chi connectivity index (χ1v) is 19.7. The van der Waals surface area contributed by atoms with Gasteiger partial charge in [0.25, 0.3) is 5.91 Å². The van der Waals surface area contributed by atoms with E-state index in [1.165, 1.54) is 25.3 Å². The molecular weight excluding hydrogens is 749 g/mol. The summed E-state index contributed by atoms with van der Waals surface area (Å²) < 4.78 is 22.5. The summed E-state index contributed by atoms with van der Waals surface area (Å²) in [4.78, 5) is 64.0. The second-order valence-corrected chi connectivity index (χ2v) is 14.8.